The van der Waals surface area contributed by atoms with Crippen LogP contribution in [0.2, 0.25) is 0 Å². The molecule has 0 radical (unpaired) electrons. The topological polar surface area (TPSA) is 64.0 Å². The summed E-state index contributed by atoms with van der Waals surface area (Å²) in [4.78, 5) is 4.43. The Hall–Kier alpha value is -0.880. The van der Waals surface area contributed by atoms with Gasteiger partial charge in [-0.25, -0.2) is 18.1 Å². The fourth-order valence-corrected chi connectivity index (χ4v) is 3.86. The van der Waals surface area contributed by atoms with Gasteiger partial charge in [0.2, 0.25) is 0 Å². The van der Waals surface area contributed by atoms with Gasteiger partial charge in [-0.15, -0.1) is 0 Å². The van der Waals surface area contributed by atoms with Crippen LogP contribution in [0.5, 0.6) is 0 Å². The van der Waals surface area contributed by atoms with Gasteiger partial charge in [-0.1, -0.05) is 27.7 Å². The molecule has 19 heavy (non-hydrogen) atoms. The van der Waals surface area contributed by atoms with Crippen molar-refractivity contribution in [1.82, 2.24) is 14.3 Å². The number of nitrogens with one attached hydrogen (secondary N) is 1. The first-order chi connectivity index (χ1) is 8.86. The first-order valence-electron chi connectivity index (χ1n) is 6.95. The minimum absolute atomic E-state index is 0.234. The normalized spacial score (nSPS) is 19.7. The molecule has 0 aliphatic carbocycles. The van der Waals surface area contributed by atoms with Crippen molar-refractivity contribution in [2.75, 3.05) is 6.54 Å². The predicted octanol–water partition coefficient (Wildman–Crippen LogP) is 1.89. The molecule has 0 aromatic carbocycles. The van der Waals surface area contributed by atoms with E-state index in [1.807, 2.05) is 0 Å². The third-order valence-electron chi connectivity index (χ3n) is 3.56. The molecule has 1 aliphatic heterocycles. The first kappa shape index (κ1) is 14.5. The summed E-state index contributed by atoms with van der Waals surface area (Å²) in [5.41, 5.74) is 0.878. The van der Waals surface area contributed by atoms with Crippen LogP contribution in [0.3, 0.4) is 0 Å². The van der Waals surface area contributed by atoms with Gasteiger partial charge in [0.25, 0.3) is 10.0 Å². The average Bonchev–Trinajstić information content (AvgIpc) is 2.68. The maximum atomic E-state index is 12.3. The predicted molar refractivity (Wildman–Crippen MR) is 74.7 cm³/mol. The van der Waals surface area contributed by atoms with Gasteiger partial charge in [0.05, 0.1) is 5.69 Å². The molecule has 0 bridgehead atoms. The zero-order valence-electron chi connectivity index (χ0n) is 12.1. The smallest absolute Gasteiger partial charge is 0.259 e. The number of fused-ring (bicyclic) bond motifs is 1. The maximum Gasteiger partial charge on any atom is 0.259 e. The van der Waals surface area contributed by atoms with Gasteiger partial charge in [-0.05, 0) is 18.8 Å². The Morgan fingerprint density at radius 1 is 1.47 bits per heavy atom. The highest BCUT2D eigenvalue weighted by Gasteiger charge is 2.30. The van der Waals surface area contributed by atoms with Gasteiger partial charge in [0.15, 0.2) is 5.03 Å². The van der Waals surface area contributed by atoms with Crippen LogP contribution in [0.4, 0.5) is 0 Å². The Balaban J connectivity index is 2.56. The zero-order chi connectivity index (χ0) is 14.2. The molecule has 1 N–H and O–H groups in total. The summed E-state index contributed by atoms with van der Waals surface area (Å²) in [6.45, 7) is 9.32. The molecule has 0 spiro atoms. The summed E-state index contributed by atoms with van der Waals surface area (Å²) in [5, 5.41) is 0.240. The lowest BCUT2D eigenvalue weighted by molar-refractivity contribution is 0.401. The molecule has 0 saturated heterocycles. The van der Waals surface area contributed by atoms with Crippen LogP contribution >= 0.6 is 0 Å². The highest BCUT2D eigenvalue weighted by Crippen LogP contribution is 2.29. The van der Waals surface area contributed by atoms with E-state index >= 15 is 0 Å². The van der Waals surface area contributed by atoms with Crippen LogP contribution in [0.15, 0.2) is 5.03 Å². The summed E-state index contributed by atoms with van der Waals surface area (Å²) >= 11 is 0. The van der Waals surface area contributed by atoms with E-state index in [1.165, 1.54) is 0 Å². The SMILES string of the molecule is CCNS(=O)(=O)c1nc(C(C)C)n2c1CC(C)CC2. The first-order valence-corrected chi connectivity index (χ1v) is 8.44. The van der Waals surface area contributed by atoms with Gasteiger partial charge in [0.1, 0.15) is 5.82 Å². The number of hydrogen-bond acceptors (Lipinski definition) is 3. The minimum atomic E-state index is -3.47. The molecule has 5 nitrogen and oxygen atoms in total. The molecule has 1 unspecified atom stereocenters. The molecule has 108 valence electrons. The largest absolute Gasteiger partial charge is 0.330 e. The Kier molecular flexibility index (Phi) is 4.01. The van der Waals surface area contributed by atoms with Crippen molar-refractivity contribution in [3.63, 3.8) is 0 Å². The molecule has 1 atom stereocenters. The highest BCUT2D eigenvalue weighted by atomic mass is 32.2. The third kappa shape index (κ3) is 2.69. The lowest BCUT2D eigenvalue weighted by Crippen LogP contribution is -2.26. The zero-order valence-corrected chi connectivity index (χ0v) is 12.9. The second kappa shape index (κ2) is 5.25. The van der Waals surface area contributed by atoms with E-state index in [9.17, 15) is 8.42 Å². The van der Waals surface area contributed by atoms with Crippen molar-refractivity contribution in [2.24, 2.45) is 5.92 Å². The Labute approximate surface area is 115 Å². The molecule has 6 heteroatoms. The van der Waals surface area contributed by atoms with Crippen LogP contribution in [-0.2, 0) is 23.0 Å². The fraction of sp³-hybridized carbons (Fsp3) is 0.769. The van der Waals surface area contributed by atoms with E-state index in [0.29, 0.717) is 12.5 Å². The van der Waals surface area contributed by atoms with Crippen LogP contribution < -0.4 is 4.72 Å². The van der Waals surface area contributed by atoms with Crippen LogP contribution in [0.25, 0.3) is 0 Å². The maximum absolute atomic E-state index is 12.3. The molecule has 0 fully saturated rings. The Morgan fingerprint density at radius 2 is 2.16 bits per heavy atom. The van der Waals surface area contributed by atoms with Gasteiger partial charge >= 0.3 is 0 Å². The van der Waals surface area contributed by atoms with Gasteiger partial charge in [0, 0.05) is 19.0 Å². The number of rotatable bonds is 4. The van der Waals surface area contributed by atoms with Crippen LogP contribution in [0.1, 0.15) is 51.6 Å². The molecule has 2 rings (SSSR count). The molecule has 1 aliphatic rings. The van der Waals surface area contributed by atoms with E-state index in [1.54, 1.807) is 6.92 Å². The number of imidazole rings is 1. The Morgan fingerprint density at radius 3 is 2.74 bits per heavy atom. The Bertz CT molecular complexity index is 561. The monoisotopic (exact) mass is 285 g/mol. The summed E-state index contributed by atoms with van der Waals surface area (Å²) in [5.74, 6) is 1.64. The van der Waals surface area contributed by atoms with E-state index in [2.05, 4.69) is 35.0 Å². The molecule has 0 amide bonds. The standard InChI is InChI=1S/C13H23N3O2S/c1-5-14-19(17,18)13-11-8-10(4)6-7-16(11)12(15-13)9(2)3/h9-10,14H,5-8H2,1-4H3. The highest BCUT2D eigenvalue weighted by molar-refractivity contribution is 7.89. The number of sulfonamides is 1. The molecule has 1 aromatic rings. The number of hydrogen-bond donors (Lipinski definition) is 1. The lowest BCUT2D eigenvalue weighted by atomic mass is 9.98. The summed E-state index contributed by atoms with van der Waals surface area (Å²) in [6, 6.07) is 0. The number of aromatic nitrogens is 2. The van der Waals surface area contributed by atoms with Crippen molar-refractivity contribution in [3.05, 3.63) is 11.5 Å². The average molecular weight is 285 g/mol. The van der Waals surface area contributed by atoms with Crippen LogP contribution in [-0.4, -0.2) is 24.5 Å². The third-order valence-corrected chi connectivity index (χ3v) is 5.06. The summed E-state index contributed by atoms with van der Waals surface area (Å²) in [6.07, 6.45) is 1.88. The van der Waals surface area contributed by atoms with E-state index in [-0.39, 0.29) is 10.9 Å². The lowest BCUT2D eigenvalue weighted by Gasteiger charge is -2.23. The van der Waals surface area contributed by atoms with Gasteiger partial charge in [-0.2, -0.15) is 0 Å². The van der Waals surface area contributed by atoms with Crippen molar-refractivity contribution >= 4 is 10.0 Å². The van der Waals surface area contributed by atoms with E-state index in [0.717, 1.165) is 30.9 Å². The van der Waals surface area contributed by atoms with Crippen molar-refractivity contribution < 1.29 is 8.42 Å². The summed E-state index contributed by atoms with van der Waals surface area (Å²) < 4.78 is 29.2. The number of nitrogens with zero attached hydrogens (tertiary/aromatic N) is 2. The molecule has 1 aromatic heterocycles. The van der Waals surface area contributed by atoms with Crippen molar-refractivity contribution in [3.8, 4) is 0 Å². The van der Waals surface area contributed by atoms with Crippen molar-refractivity contribution in [2.45, 2.75) is 58.0 Å². The second-order valence-electron chi connectivity index (χ2n) is 5.63. The molecular weight excluding hydrogens is 262 g/mol. The van der Waals surface area contributed by atoms with Crippen LogP contribution in [0, 0.1) is 5.92 Å². The molecule has 0 saturated carbocycles. The fourth-order valence-electron chi connectivity index (χ4n) is 2.63. The minimum Gasteiger partial charge on any atom is -0.330 e. The van der Waals surface area contributed by atoms with E-state index in [4.69, 9.17) is 0 Å². The van der Waals surface area contributed by atoms with Gasteiger partial charge in [-0.3, -0.25) is 0 Å². The van der Waals surface area contributed by atoms with E-state index < -0.39 is 10.0 Å². The van der Waals surface area contributed by atoms with Gasteiger partial charge < -0.3 is 4.57 Å². The second-order valence-corrected chi connectivity index (χ2v) is 7.31. The quantitative estimate of drug-likeness (QED) is 0.918. The molecular formula is C13H23N3O2S. The van der Waals surface area contributed by atoms with Crippen molar-refractivity contribution in [1.29, 1.82) is 0 Å². The summed E-state index contributed by atoms with van der Waals surface area (Å²) in [7, 11) is -3.47. The molecule has 2 heterocycles.